The van der Waals surface area contributed by atoms with Crippen LogP contribution < -0.4 is 5.73 Å². The lowest BCUT2D eigenvalue weighted by atomic mass is 10.1. The Morgan fingerprint density at radius 3 is 2.36 bits per heavy atom. The van der Waals surface area contributed by atoms with Gasteiger partial charge in [-0.25, -0.2) is 0 Å². The molecule has 0 unspecified atom stereocenters. The number of allylic oxidation sites excluding steroid dienone is 1. The van der Waals surface area contributed by atoms with Gasteiger partial charge in [-0.2, -0.15) is 0 Å². The average molecular weight is 155 g/mol. The van der Waals surface area contributed by atoms with Crippen molar-refractivity contribution >= 4 is 0 Å². The van der Waals surface area contributed by atoms with Crippen molar-refractivity contribution in [2.45, 2.75) is 45.4 Å². The van der Waals surface area contributed by atoms with Gasteiger partial charge in [-0.1, -0.05) is 38.3 Å². The Balaban J connectivity index is 2.89. The molecule has 11 heavy (non-hydrogen) atoms. The summed E-state index contributed by atoms with van der Waals surface area (Å²) >= 11 is 0. The monoisotopic (exact) mass is 155 g/mol. The van der Waals surface area contributed by atoms with Crippen LogP contribution in [0.4, 0.5) is 0 Å². The van der Waals surface area contributed by atoms with Crippen molar-refractivity contribution in [3.8, 4) is 0 Å². The van der Waals surface area contributed by atoms with Gasteiger partial charge in [-0.3, -0.25) is 0 Å². The lowest BCUT2D eigenvalue weighted by Gasteiger charge is -1.93. The van der Waals surface area contributed by atoms with Crippen LogP contribution in [0.25, 0.3) is 0 Å². The minimum atomic E-state index is 0.783. The Morgan fingerprint density at radius 1 is 1.00 bits per heavy atom. The molecule has 0 aromatic carbocycles. The van der Waals surface area contributed by atoms with E-state index in [1.54, 1.807) is 0 Å². The molecule has 0 heterocycles. The first-order valence-electron chi connectivity index (χ1n) is 4.77. The summed E-state index contributed by atoms with van der Waals surface area (Å²) in [5.41, 5.74) is 5.34. The number of rotatable bonds is 7. The molecule has 0 fully saturated rings. The molecule has 1 heteroatoms. The van der Waals surface area contributed by atoms with Crippen molar-refractivity contribution in [3.63, 3.8) is 0 Å². The standard InChI is InChI=1S/C10H21N/c1-2-3-4-5-6-7-8-9-10-11/h7-8H,2-6,9-11H2,1H3/b8-7-. The molecular formula is C10H21N. The van der Waals surface area contributed by atoms with Crippen molar-refractivity contribution in [3.05, 3.63) is 12.2 Å². The van der Waals surface area contributed by atoms with Crippen LogP contribution in [0.3, 0.4) is 0 Å². The molecule has 0 saturated carbocycles. The Hall–Kier alpha value is -0.300. The van der Waals surface area contributed by atoms with Crippen LogP contribution in [0.2, 0.25) is 0 Å². The Morgan fingerprint density at radius 2 is 1.73 bits per heavy atom. The zero-order valence-corrected chi connectivity index (χ0v) is 7.68. The van der Waals surface area contributed by atoms with Crippen LogP contribution in [0.1, 0.15) is 45.4 Å². The van der Waals surface area contributed by atoms with Gasteiger partial charge < -0.3 is 5.73 Å². The Kier molecular flexibility index (Phi) is 9.44. The van der Waals surface area contributed by atoms with E-state index in [0.717, 1.165) is 13.0 Å². The van der Waals surface area contributed by atoms with Gasteiger partial charge in [0.2, 0.25) is 0 Å². The minimum Gasteiger partial charge on any atom is -0.330 e. The van der Waals surface area contributed by atoms with Gasteiger partial charge in [0, 0.05) is 0 Å². The maximum absolute atomic E-state index is 5.34. The normalized spacial score (nSPS) is 11.1. The second kappa shape index (κ2) is 9.70. The fourth-order valence-corrected chi connectivity index (χ4v) is 1.02. The van der Waals surface area contributed by atoms with E-state index in [1.807, 2.05) is 0 Å². The maximum atomic E-state index is 5.34. The fraction of sp³-hybridized carbons (Fsp3) is 0.800. The van der Waals surface area contributed by atoms with Crippen molar-refractivity contribution in [1.82, 2.24) is 0 Å². The quantitative estimate of drug-likeness (QED) is 0.444. The third-order valence-corrected chi connectivity index (χ3v) is 1.72. The first-order valence-corrected chi connectivity index (χ1v) is 4.77. The predicted octanol–water partition coefficient (Wildman–Crippen LogP) is 2.86. The van der Waals surface area contributed by atoms with Gasteiger partial charge >= 0.3 is 0 Å². The molecule has 2 N–H and O–H groups in total. The molecule has 0 saturated heterocycles. The summed E-state index contributed by atoms with van der Waals surface area (Å²) in [5.74, 6) is 0. The van der Waals surface area contributed by atoms with Gasteiger partial charge in [0.05, 0.1) is 0 Å². The van der Waals surface area contributed by atoms with Crippen LogP contribution in [0, 0.1) is 0 Å². The van der Waals surface area contributed by atoms with Crippen LogP contribution >= 0.6 is 0 Å². The summed E-state index contributed by atoms with van der Waals surface area (Å²) in [6, 6.07) is 0. The number of hydrogen-bond donors (Lipinski definition) is 1. The van der Waals surface area contributed by atoms with E-state index in [9.17, 15) is 0 Å². The minimum absolute atomic E-state index is 0.783. The first kappa shape index (κ1) is 10.7. The molecule has 0 aliphatic rings. The molecule has 0 rings (SSSR count). The molecule has 0 aromatic heterocycles. The van der Waals surface area contributed by atoms with Gasteiger partial charge in [0.25, 0.3) is 0 Å². The summed E-state index contributed by atoms with van der Waals surface area (Å²) in [6.45, 7) is 3.02. The largest absolute Gasteiger partial charge is 0.330 e. The molecule has 1 nitrogen and oxygen atoms in total. The van der Waals surface area contributed by atoms with E-state index in [0.29, 0.717) is 0 Å². The van der Waals surface area contributed by atoms with Crippen molar-refractivity contribution < 1.29 is 0 Å². The van der Waals surface area contributed by atoms with Crippen molar-refractivity contribution in [2.24, 2.45) is 5.73 Å². The van der Waals surface area contributed by atoms with Gasteiger partial charge in [0.1, 0.15) is 0 Å². The highest BCUT2D eigenvalue weighted by molar-refractivity contribution is 4.81. The van der Waals surface area contributed by atoms with Gasteiger partial charge in [-0.15, -0.1) is 0 Å². The van der Waals surface area contributed by atoms with E-state index in [-0.39, 0.29) is 0 Å². The van der Waals surface area contributed by atoms with Crippen LogP contribution in [-0.2, 0) is 0 Å². The van der Waals surface area contributed by atoms with E-state index in [2.05, 4.69) is 19.1 Å². The lowest BCUT2D eigenvalue weighted by molar-refractivity contribution is 0.674. The smallest absolute Gasteiger partial charge is 0.00426 e. The molecule has 0 aliphatic heterocycles. The summed E-state index contributed by atoms with van der Waals surface area (Å²) in [4.78, 5) is 0. The molecule has 0 aromatic rings. The average Bonchev–Trinajstić information content (AvgIpc) is 2.03. The number of hydrogen-bond acceptors (Lipinski definition) is 1. The zero-order chi connectivity index (χ0) is 8.36. The molecule has 0 aliphatic carbocycles. The topological polar surface area (TPSA) is 26.0 Å². The molecule has 0 radical (unpaired) electrons. The maximum Gasteiger partial charge on any atom is -0.00426 e. The van der Waals surface area contributed by atoms with Crippen LogP contribution in [-0.4, -0.2) is 6.54 Å². The summed E-state index contributed by atoms with van der Waals surface area (Å²) in [5, 5.41) is 0. The van der Waals surface area contributed by atoms with Crippen LogP contribution in [0.5, 0.6) is 0 Å². The van der Waals surface area contributed by atoms with Crippen molar-refractivity contribution in [1.29, 1.82) is 0 Å². The van der Waals surface area contributed by atoms with E-state index < -0.39 is 0 Å². The highest BCUT2D eigenvalue weighted by Crippen LogP contribution is 2.02. The SMILES string of the molecule is CCCCCC/C=C\CCN. The van der Waals surface area contributed by atoms with Crippen molar-refractivity contribution in [2.75, 3.05) is 6.54 Å². The first-order chi connectivity index (χ1) is 5.41. The van der Waals surface area contributed by atoms with E-state index in [4.69, 9.17) is 5.73 Å². The molecule has 0 atom stereocenters. The summed E-state index contributed by atoms with van der Waals surface area (Å²) in [6.07, 6.45) is 12.1. The molecule has 0 amide bonds. The van der Waals surface area contributed by atoms with Gasteiger partial charge in [0.15, 0.2) is 0 Å². The second-order valence-electron chi connectivity index (χ2n) is 2.90. The summed E-state index contributed by atoms with van der Waals surface area (Å²) in [7, 11) is 0. The highest BCUT2D eigenvalue weighted by atomic mass is 14.5. The van der Waals surface area contributed by atoms with E-state index in [1.165, 1.54) is 32.1 Å². The highest BCUT2D eigenvalue weighted by Gasteiger charge is 1.83. The molecule has 66 valence electrons. The third kappa shape index (κ3) is 9.70. The van der Waals surface area contributed by atoms with Gasteiger partial charge in [-0.05, 0) is 25.8 Å². The molecule has 0 bridgehead atoms. The van der Waals surface area contributed by atoms with Crippen LogP contribution in [0.15, 0.2) is 12.2 Å². The summed E-state index contributed by atoms with van der Waals surface area (Å²) < 4.78 is 0. The Bertz CT molecular complexity index is 86.9. The molecule has 0 spiro atoms. The second-order valence-corrected chi connectivity index (χ2v) is 2.90. The third-order valence-electron chi connectivity index (χ3n) is 1.72. The zero-order valence-electron chi connectivity index (χ0n) is 7.68. The Labute approximate surface area is 70.7 Å². The van der Waals surface area contributed by atoms with E-state index >= 15 is 0 Å². The fourth-order valence-electron chi connectivity index (χ4n) is 1.02. The predicted molar refractivity (Wildman–Crippen MR) is 51.6 cm³/mol. The lowest BCUT2D eigenvalue weighted by Crippen LogP contribution is -1.94. The number of nitrogens with two attached hydrogens (primary N) is 1. The molecular weight excluding hydrogens is 134 g/mol. The number of unbranched alkanes of at least 4 members (excludes halogenated alkanes) is 4.